The van der Waals surface area contributed by atoms with Crippen molar-refractivity contribution in [3.05, 3.63) is 58.8 Å². The summed E-state index contributed by atoms with van der Waals surface area (Å²) < 4.78 is 9.31. The molecule has 3 aromatic heterocycles. The fraction of sp³-hybridized carbons (Fsp3) is 0.467. The van der Waals surface area contributed by atoms with Gasteiger partial charge in [-0.1, -0.05) is 12.5 Å². The van der Waals surface area contributed by atoms with Gasteiger partial charge in [0.15, 0.2) is 5.82 Å². The van der Waals surface area contributed by atoms with Crippen LogP contribution in [0, 0.1) is 12.8 Å². The molecule has 1 aliphatic heterocycles. The Kier molecular flexibility index (Phi) is 6.51. The molecule has 39 heavy (non-hydrogen) atoms. The highest BCUT2D eigenvalue weighted by Gasteiger charge is 2.36. The number of morpholine rings is 1. The number of benzene rings is 1. The van der Waals surface area contributed by atoms with Crippen LogP contribution in [0.4, 0.5) is 5.82 Å². The van der Waals surface area contributed by atoms with Gasteiger partial charge < -0.3 is 19.3 Å². The summed E-state index contributed by atoms with van der Waals surface area (Å²) in [5.74, 6) is 2.13. The Morgan fingerprint density at radius 1 is 1.10 bits per heavy atom. The van der Waals surface area contributed by atoms with Gasteiger partial charge >= 0.3 is 0 Å². The SMILES string of the molecule is Cc1cc(-c2ccc3nc(-c4cnn(CC(C)(C)O)c4)nc(N4CCOC[C@@H]4C4CCC4)c3c2)cn(C)c1=O. The Labute approximate surface area is 228 Å². The monoisotopic (exact) mass is 528 g/mol. The topological polar surface area (TPSA) is 98.3 Å². The van der Waals surface area contributed by atoms with E-state index in [-0.39, 0.29) is 11.6 Å². The average Bonchev–Trinajstić information content (AvgIpc) is 3.32. The van der Waals surface area contributed by atoms with Crippen molar-refractivity contribution < 1.29 is 9.84 Å². The molecule has 1 saturated carbocycles. The minimum Gasteiger partial charge on any atom is -0.389 e. The second-order valence-corrected chi connectivity index (χ2v) is 11.7. The zero-order valence-electron chi connectivity index (χ0n) is 23.1. The first-order chi connectivity index (χ1) is 18.7. The number of aliphatic hydroxyl groups is 1. The first-order valence-electron chi connectivity index (χ1n) is 13.8. The van der Waals surface area contributed by atoms with Crippen molar-refractivity contribution in [2.45, 2.75) is 58.2 Å². The summed E-state index contributed by atoms with van der Waals surface area (Å²) in [5, 5.41) is 15.7. The molecule has 0 spiro atoms. The van der Waals surface area contributed by atoms with Crippen molar-refractivity contribution in [1.29, 1.82) is 0 Å². The molecule has 2 fully saturated rings. The minimum atomic E-state index is -0.877. The largest absolute Gasteiger partial charge is 0.389 e. The number of nitrogens with zero attached hydrogens (tertiary/aromatic N) is 6. The van der Waals surface area contributed by atoms with Crippen LogP contribution in [0.2, 0.25) is 0 Å². The lowest BCUT2D eigenvalue weighted by molar-refractivity contribution is 0.0577. The lowest BCUT2D eigenvalue weighted by Crippen LogP contribution is -2.51. The van der Waals surface area contributed by atoms with Crippen LogP contribution in [-0.4, -0.2) is 60.8 Å². The van der Waals surface area contributed by atoms with E-state index in [9.17, 15) is 9.90 Å². The van der Waals surface area contributed by atoms with E-state index in [1.807, 2.05) is 31.5 Å². The molecule has 1 aliphatic carbocycles. The Morgan fingerprint density at radius 2 is 1.92 bits per heavy atom. The Bertz CT molecular complexity index is 1550. The predicted octanol–water partition coefficient (Wildman–Crippen LogP) is 3.94. The number of hydrogen-bond donors (Lipinski definition) is 1. The number of pyridine rings is 1. The molecule has 0 unspecified atom stereocenters. The Morgan fingerprint density at radius 3 is 2.64 bits per heavy atom. The molecule has 9 heteroatoms. The van der Waals surface area contributed by atoms with E-state index in [1.54, 1.807) is 36.3 Å². The molecule has 4 heterocycles. The molecule has 4 aromatic rings. The molecule has 1 N–H and O–H groups in total. The maximum absolute atomic E-state index is 12.3. The third-order valence-electron chi connectivity index (χ3n) is 7.94. The number of aryl methyl sites for hydroxylation is 2. The molecule has 6 rings (SSSR count). The zero-order valence-corrected chi connectivity index (χ0v) is 23.1. The van der Waals surface area contributed by atoms with Crippen molar-refractivity contribution in [2.75, 3.05) is 24.7 Å². The number of hydrogen-bond acceptors (Lipinski definition) is 7. The number of aromatic nitrogens is 5. The van der Waals surface area contributed by atoms with Gasteiger partial charge in [0, 0.05) is 36.9 Å². The quantitative estimate of drug-likeness (QED) is 0.405. The van der Waals surface area contributed by atoms with Crippen LogP contribution in [0.15, 0.2) is 47.7 Å². The van der Waals surface area contributed by atoms with Crippen LogP contribution < -0.4 is 10.5 Å². The molecular weight excluding hydrogens is 492 g/mol. The fourth-order valence-corrected chi connectivity index (χ4v) is 5.74. The van der Waals surface area contributed by atoms with E-state index in [1.165, 1.54) is 19.3 Å². The molecular formula is C30H36N6O3. The first kappa shape index (κ1) is 25.7. The van der Waals surface area contributed by atoms with Gasteiger partial charge in [0.2, 0.25) is 0 Å². The van der Waals surface area contributed by atoms with Gasteiger partial charge in [0.05, 0.1) is 48.7 Å². The average molecular weight is 529 g/mol. The van der Waals surface area contributed by atoms with Crippen LogP contribution in [0.3, 0.4) is 0 Å². The molecule has 1 atom stereocenters. The van der Waals surface area contributed by atoms with Crippen molar-refractivity contribution in [1.82, 2.24) is 24.3 Å². The fourth-order valence-electron chi connectivity index (χ4n) is 5.74. The zero-order chi connectivity index (χ0) is 27.3. The highest BCUT2D eigenvalue weighted by atomic mass is 16.5. The summed E-state index contributed by atoms with van der Waals surface area (Å²) in [6.45, 7) is 7.89. The van der Waals surface area contributed by atoms with Crippen molar-refractivity contribution in [3.63, 3.8) is 0 Å². The third kappa shape index (κ3) is 5.08. The van der Waals surface area contributed by atoms with Crippen molar-refractivity contribution in [3.8, 4) is 22.5 Å². The van der Waals surface area contributed by atoms with Gasteiger partial charge in [-0.3, -0.25) is 9.48 Å². The van der Waals surface area contributed by atoms with E-state index in [0.29, 0.717) is 37.1 Å². The minimum absolute atomic E-state index is 0.00925. The van der Waals surface area contributed by atoms with Gasteiger partial charge in [0.1, 0.15) is 5.82 Å². The number of fused-ring (bicyclic) bond motifs is 1. The maximum Gasteiger partial charge on any atom is 0.253 e. The number of anilines is 1. The summed E-state index contributed by atoms with van der Waals surface area (Å²) in [7, 11) is 1.79. The van der Waals surface area contributed by atoms with Crippen LogP contribution in [0.25, 0.3) is 33.4 Å². The maximum atomic E-state index is 12.3. The summed E-state index contributed by atoms with van der Waals surface area (Å²) in [6.07, 6.45) is 9.24. The molecule has 0 amide bonds. The normalized spacial score (nSPS) is 18.5. The third-order valence-corrected chi connectivity index (χ3v) is 7.94. The van der Waals surface area contributed by atoms with Gasteiger partial charge in [-0.15, -0.1) is 0 Å². The second-order valence-electron chi connectivity index (χ2n) is 11.7. The van der Waals surface area contributed by atoms with Crippen LogP contribution in [0.1, 0.15) is 38.7 Å². The van der Waals surface area contributed by atoms with E-state index in [4.69, 9.17) is 14.7 Å². The standard InChI is InChI=1S/C30H36N6O3/c1-19-12-22(15-34(4)29(19)37)21-8-9-25-24(13-21)28(36-10-11-39-17-26(36)20-6-5-7-20)33-27(32-25)23-14-31-35(16-23)18-30(2,3)38/h8-9,12-16,20,26,38H,5-7,10-11,17-18H2,1-4H3/t26-/m1/s1. The number of ether oxygens (including phenoxy) is 1. The van der Waals surface area contributed by atoms with Crippen molar-refractivity contribution in [2.24, 2.45) is 13.0 Å². The first-order valence-corrected chi connectivity index (χ1v) is 13.8. The summed E-state index contributed by atoms with van der Waals surface area (Å²) in [6, 6.07) is 8.47. The highest BCUT2D eigenvalue weighted by Crippen LogP contribution is 2.38. The molecule has 204 valence electrons. The van der Waals surface area contributed by atoms with Gasteiger partial charge in [-0.2, -0.15) is 5.10 Å². The molecule has 9 nitrogen and oxygen atoms in total. The Balaban J connectivity index is 1.50. The second kappa shape index (κ2) is 9.88. The lowest BCUT2D eigenvalue weighted by atomic mass is 9.79. The Hall–Kier alpha value is -3.56. The smallest absolute Gasteiger partial charge is 0.253 e. The summed E-state index contributed by atoms with van der Waals surface area (Å²) >= 11 is 0. The molecule has 0 radical (unpaired) electrons. The van der Waals surface area contributed by atoms with Crippen LogP contribution in [-0.2, 0) is 18.3 Å². The molecule has 2 aliphatic rings. The van der Waals surface area contributed by atoms with E-state index in [2.05, 4.69) is 22.1 Å². The van der Waals surface area contributed by atoms with E-state index in [0.717, 1.165) is 40.0 Å². The van der Waals surface area contributed by atoms with Crippen LogP contribution >= 0.6 is 0 Å². The van der Waals surface area contributed by atoms with Gasteiger partial charge in [-0.05, 0) is 68.9 Å². The van der Waals surface area contributed by atoms with E-state index >= 15 is 0 Å². The van der Waals surface area contributed by atoms with Crippen molar-refractivity contribution >= 4 is 16.7 Å². The lowest BCUT2D eigenvalue weighted by Gasteiger charge is -2.44. The van der Waals surface area contributed by atoms with Gasteiger partial charge in [0.25, 0.3) is 5.56 Å². The van der Waals surface area contributed by atoms with Gasteiger partial charge in [-0.25, -0.2) is 9.97 Å². The van der Waals surface area contributed by atoms with E-state index < -0.39 is 5.60 Å². The molecule has 1 saturated heterocycles. The molecule has 0 bridgehead atoms. The number of rotatable bonds is 6. The summed E-state index contributed by atoms with van der Waals surface area (Å²) in [5.41, 5.74) is 3.52. The predicted molar refractivity (Wildman–Crippen MR) is 152 cm³/mol. The summed E-state index contributed by atoms with van der Waals surface area (Å²) in [4.78, 5) is 24.9. The van der Waals surface area contributed by atoms with Crippen LogP contribution in [0.5, 0.6) is 0 Å². The molecule has 1 aromatic carbocycles. The highest BCUT2D eigenvalue weighted by molar-refractivity contribution is 5.94.